The molecule has 2 rings (SSSR count). The van der Waals surface area contributed by atoms with Gasteiger partial charge in [-0.05, 0) is 56.2 Å². The fourth-order valence-corrected chi connectivity index (χ4v) is 2.01. The van der Waals surface area contributed by atoms with Crippen LogP contribution in [0.1, 0.15) is 32.7 Å². The normalized spacial score (nSPS) is 10.0. The zero-order valence-corrected chi connectivity index (χ0v) is 12.0. The molecule has 0 atom stereocenters. The number of benzene rings is 1. The molecule has 0 bridgehead atoms. The molecule has 0 aliphatic carbocycles. The Kier molecular flexibility index (Phi) is 3.90. The van der Waals surface area contributed by atoms with Gasteiger partial charge in [-0.25, -0.2) is 9.78 Å². The third-order valence-corrected chi connectivity index (χ3v) is 3.05. The van der Waals surface area contributed by atoms with Crippen molar-refractivity contribution in [3.8, 4) is 17.7 Å². The van der Waals surface area contributed by atoms with E-state index < -0.39 is 5.97 Å². The second-order valence-electron chi connectivity index (χ2n) is 4.76. The van der Waals surface area contributed by atoms with Gasteiger partial charge in [0, 0.05) is 5.69 Å². The van der Waals surface area contributed by atoms with E-state index in [0.717, 1.165) is 11.3 Å². The first-order valence-electron chi connectivity index (χ1n) is 6.32. The Morgan fingerprint density at radius 3 is 2.52 bits per heavy atom. The minimum Gasteiger partial charge on any atom is -0.478 e. The van der Waals surface area contributed by atoms with E-state index >= 15 is 0 Å². The Labute approximate surface area is 122 Å². The smallest absolute Gasteiger partial charge is 0.335 e. The lowest BCUT2D eigenvalue weighted by Crippen LogP contribution is -2.00. The highest BCUT2D eigenvalue weighted by Gasteiger charge is 2.13. The molecule has 0 radical (unpaired) electrons. The zero-order chi connectivity index (χ0) is 15.6. The number of ether oxygens (including phenoxy) is 1. The van der Waals surface area contributed by atoms with E-state index in [2.05, 4.69) is 11.1 Å². The molecule has 21 heavy (non-hydrogen) atoms. The number of carboxylic acid groups (broad SMARTS) is 1. The predicted octanol–water partition coefficient (Wildman–Crippen LogP) is 3.37. The van der Waals surface area contributed by atoms with Gasteiger partial charge in [0.25, 0.3) is 0 Å². The second-order valence-corrected chi connectivity index (χ2v) is 4.76. The fourth-order valence-electron chi connectivity index (χ4n) is 2.01. The third-order valence-electron chi connectivity index (χ3n) is 3.05. The van der Waals surface area contributed by atoms with Gasteiger partial charge in [-0.2, -0.15) is 5.26 Å². The lowest BCUT2D eigenvalue weighted by molar-refractivity contribution is 0.0697. The summed E-state index contributed by atoms with van der Waals surface area (Å²) in [7, 11) is 0. The molecule has 1 aromatic heterocycles. The van der Waals surface area contributed by atoms with Gasteiger partial charge >= 0.3 is 5.97 Å². The number of nitrogens with zero attached hydrogens (tertiary/aromatic N) is 2. The number of aromatic carboxylic acids is 1. The number of carboxylic acids is 1. The molecule has 0 unspecified atom stereocenters. The topological polar surface area (TPSA) is 83.2 Å². The highest BCUT2D eigenvalue weighted by molar-refractivity contribution is 5.88. The molecular formula is C16H14N2O3. The van der Waals surface area contributed by atoms with Crippen LogP contribution in [0.2, 0.25) is 0 Å². The van der Waals surface area contributed by atoms with Gasteiger partial charge < -0.3 is 9.84 Å². The number of rotatable bonds is 3. The van der Waals surface area contributed by atoms with Crippen molar-refractivity contribution in [1.82, 2.24) is 4.98 Å². The van der Waals surface area contributed by atoms with E-state index in [1.807, 2.05) is 19.9 Å². The fraction of sp³-hybridized carbons (Fsp3) is 0.188. The molecule has 1 heterocycles. The first kappa shape index (κ1) is 14.5. The van der Waals surface area contributed by atoms with Crippen LogP contribution in [-0.4, -0.2) is 16.1 Å². The number of nitriles is 1. The molecule has 1 aromatic carbocycles. The number of aromatic nitrogens is 1. The van der Waals surface area contributed by atoms with Crippen molar-refractivity contribution in [2.75, 3.05) is 0 Å². The summed E-state index contributed by atoms with van der Waals surface area (Å²) < 4.78 is 5.70. The molecule has 0 saturated heterocycles. The number of carbonyl (C=O) groups is 1. The number of pyridine rings is 1. The third kappa shape index (κ3) is 3.00. The van der Waals surface area contributed by atoms with E-state index in [0.29, 0.717) is 16.9 Å². The summed E-state index contributed by atoms with van der Waals surface area (Å²) in [6.07, 6.45) is 0. The summed E-state index contributed by atoms with van der Waals surface area (Å²) in [5.41, 5.74) is 2.77. The van der Waals surface area contributed by atoms with E-state index in [4.69, 9.17) is 9.84 Å². The molecule has 106 valence electrons. The number of aryl methyl sites for hydroxylation is 3. The van der Waals surface area contributed by atoms with Crippen LogP contribution >= 0.6 is 0 Å². The molecule has 5 heteroatoms. The lowest BCUT2D eigenvalue weighted by atomic mass is 10.1. The summed E-state index contributed by atoms with van der Waals surface area (Å²) in [6.45, 7) is 5.39. The summed E-state index contributed by atoms with van der Waals surface area (Å²) in [4.78, 5) is 15.2. The van der Waals surface area contributed by atoms with Crippen molar-refractivity contribution < 1.29 is 14.6 Å². The minimum atomic E-state index is -0.994. The molecule has 5 nitrogen and oxygen atoms in total. The largest absolute Gasteiger partial charge is 0.478 e. The maximum Gasteiger partial charge on any atom is 0.335 e. The molecule has 1 N–H and O–H groups in total. The Balaban J connectivity index is 2.44. The van der Waals surface area contributed by atoms with Gasteiger partial charge in [-0.3, -0.25) is 0 Å². The highest BCUT2D eigenvalue weighted by atomic mass is 16.5. The van der Waals surface area contributed by atoms with Gasteiger partial charge in [0.15, 0.2) is 0 Å². The average molecular weight is 282 g/mol. The molecule has 0 amide bonds. The van der Waals surface area contributed by atoms with Crippen LogP contribution in [0.3, 0.4) is 0 Å². The highest BCUT2D eigenvalue weighted by Crippen LogP contribution is 2.28. The Bertz CT molecular complexity index is 761. The standard InChI is InChI=1S/C16H14N2O3/c1-9-6-11(3)18-15(13(9)8-17)21-14-5-4-12(16(19)20)7-10(14)2/h4-7H,1-3H3,(H,19,20). The molecule has 0 aliphatic rings. The van der Waals surface area contributed by atoms with Gasteiger partial charge in [-0.15, -0.1) is 0 Å². The van der Waals surface area contributed by atoms with Gasteiger partial charge in [0.2, 0.25) is 5.88 Å². The first-order chi connectivity index (χ1) is 9.92. The van der Waals surface area contributed by atoms with Crippen molar-refractivity contribution >= 4 is 5.97 Å². The molecule has 0 fully saturated rings. The summed E-state index contributed by atoms with van der Waals surface area (Å²) in [5.74, 6) is -0.276. The van der Waals surface area contributed by atoms with Gasteiger partial charge in [0.05, 0.1) is 5.56 Å². The molecule has 0 aliphatic heterocycles. The van der Waals surface area contributed by atoms with E-state index in [9.17, 15) is 10.1 Å². The van der Waals surface area contributed by atoms with Crippen molar-refractivity contribution in [3.63, 3.8) is 0 Å². The summed E-state index contributed by atoms with van der Waals surface area (Å²) in [6, 6.07) is 8.44. The van der Waals surface area contributed by atoms with Crippen LogP contribution in [-0.2, 0) is 0 Å². The lowest BCUT2D eigenvalue weighted by Gasteiger charge is -2.11. The Hall–Kier alpha value is -2.87. The van der Waals surface area contributed by atoms with Crippen molar-refractivity contribution in [2.24, 2.45) is 0 Å². The predicted molar refractivity (Wildman–Crippen MR) is 76.6 cm³/mol. The van der Waals surface area contributed by atoms with Gasteiger partial charge in [0.1, 0.15) is 17.4 Å². The van der Waals surface area contributed by atoms with Crippen LogP contribution in [0.25, 0.3) is 0 Å². The van der Waals surface area contributed by atoms with Gasteiger partial charge in [-0.1, -0.05) is 0 Å². The molecule has 0 saturated carbocycles. The van der Waals surface area contributed by atoms with Crippen molar-refractivity contribution in [3.05, 3.63) is 52.2 Å². The number of hydrogen-bond acceptors (Lipinski definition) is 4. The van der Waals surface area contributed by atoms with Crippen LogP contribution in [0, 0.1) is 32.1 Å². The molecular weight excluding hydrogens is 268 g/mol. The van der Waals surface area contributed by atoms with Crippen LogP contribution < -0.4 is 4.74 Å². The monoisotopic (exact) mass is 282 g/mol. The molecule has 2 aromatic rings. The zero-order valence-electron chi connectivity index (χ0n) is 12.0. The minimum absolute atomic E-state index is 0.189. The second kappa shape index (κ2) is 5.63. The first-order valence-corrected chi connectivity index (χ1v) is 6.32. The Morgan fingerprint density at radius 2 is 1.95 bits per heavy atom. The number of hydrogen-bond donors (Lipinski definition) is 1. The van der Waals surface area contributed by atoms with E-state index in [1.54, 1.807) is 13.0 Å². The van der Waals surface area contributed by atoms with E-state index in [-0.39, 0.29) is 11.4 Å². The van der Waals surface area contributed by atoms with E-state index in [1.165, 1.54) is 12.1 Å². The van der Waals surface area contributed by atoms with Crippen LogP contribution in [0.15, 0.2) is 24.3 Å². The molecule has 0 spiro atoms. The van der Waals surface area contributed by atoms with Crippen molar-refractivity contribution in [2.45, 2.75) is 20.8 Å². The SMILES string of the molecule is Cc1cc(C)c(C#N)c(Oc2ccc(C(=O)O)cc2C)n1. The average Bonchev–Trinajstić information content (AvgIpc) is 2.40. The quantitative estimate of drug-likeness (QED) is 0.933. The summed E-state index contributed by atoms with van der Waals surface area (Å²) in [5, 5.41) is 18.2. The van der Waals surface area contributed by atoms with Crippen LogP contribution in [0.5, 0.6) is 11.6 Å². The Morgan fingerprint density at radius 1 is 1.24 bits per heavy atom. The van der Waals surface area contributed by atoms with Crippen LogP contribution in [0.4, 0.5) is 0 Å². The maximum absolute atomic E-state index is 10.9. The summed E-state index contributed by atoms with van der Waals surface area (Å²) >= 11 is 0. The maximum atomic E-state index is 10.9. The van der Waals surface area contributed by atoms with Crippen molar-refractivity contribution in [1.29, 1.82) is 5.26 Å².